The van der Waals surface area contributed by atoms with E-state index in [2.05, 4.69) is 15.4 Å². The van der Waals surface area contributed by atoms with Crippen LogP contribution >= 0.6 is 0 Å². The molecule has 0 unspecified atom stereocenters. The van der Waals surface area contributed by atoms with E-state index in [9.17, 15) is 4.79 Å². The normalized spacial score (nSPS) is 10.8. The number of pyridine rings is 2. The van der Waals surface area contributed by atoms with Crippen molar-refractivity contribution in [3.63, 3.8) is 0 Å². The number of hydrogen-bond acceptors (Lipinski definition) is 7. The van der Waals surface area contributed by atoms with Gasteiger partial charge in [0, 0.05) is 23.3 Å². The highest BCUT2D eigenvalue weighted by atomic mass is 16.5. The summed E-state index contributed by atoms with van der Waals surface area (Å²) in [6, 6.07) is 18.2. The number of anilines is 1. The standard InChI is InChI=1S/C27H23N5O4/c1-34-23-13-17(14-24(35-2)26(23)36-3)22-15-20(19-7-4-5-8-21(19)31-22)27(33)30-18-9-10-25(28-16-18)32-12-6-11-29-32/h4-16H,1-3H3,(H,30,33). The number of nitrogens with one attached hydrogen (secondary N) is 1. The van der Waals surface area contributed by atoms with Gasteiger partial charge in [-0.1, -0.05) is 18.2 Å². The van der Waals surface area contributed by atoms with Crippen molar-refractivity contribution < 1.29 is 19.0 Å². The summed E-state index contributed by atoms with van der Waals surface area (Å²) < 4.78 is 18.1. The fourth-order valence-electron chi connectivity index (χ4n) is 3.94. The quantitative estimate of drug-likeness (QED) is 0.358. The topological polar surface area (TPSA) is 100 Å². The fourth-order valence-corrected chi connectivity index (χ4v) is 3.94. The average Bonchev–Trinajstić information content (AvgIpc) is 3.47. The van der Waals surface area contributed by atoms with Gasteiger partial charge < -0.3 is 19.5 Å². The lowest BCUT2D eigenvalue weighted by atomic mass is 10.0. The van der Waals surface area contributed by atoms with Gasteiger partial charge in [-0.25, -0.2) is 14.6 Å². The monoisotopic (exact) mass is 481 g/mol. The largest absolute Gasteiger partial charge is 0.493 e. The molecule has 3 aromatic heterocycles. The number of nitrogens with zero attached hydrogens (tertiary/aromatic N) is 4. The predicted molar refractivity (Wildman–Crippen MR) is 136 cm³/mol. The van der Waals surface area contributed by atoms with Crippen molar-refractivity contribution in [1.29, 1.82) is 0 Å². The Kier molecular flexibility index (Phi) is 6.19. The molecular formula is C27H23N5O4. The van der Waals surface area contributed by atoms with Crippen molar-refractivity contribution in [3.05, 3.63) is 84.8 Å². The third kappa shape index (κ3) is 4.29. The van der Waals surface area contributed by atoms with Crippen LogP contribution < -0.4 is 19.5 Å². The number of carbonyl (C=O) groups excluding carboxylic acids is 1. The Bertz CT molecular complexity index is 1510. The lowest BCUT2D eigenvalue weighted by molar-refractivity contribution is 0.102. The molecule has 9 heteroatoms. The van der Waals surface area contributed by atoms with Crippen LogP contribution in [0.3, 0.4) is 0 Å². The Morgan fingerprint density at radius 2 is 1.69 bits per heavy atom. The van der Waals surface area contributed by atoms with E-state index in [-0.39, 0.29) is 5.91 Å². The third-order valence-corrected chi connectivity index (χ3v) is 5.67. The summed E-state index contributed by atoms with van der Waals surface area (Å²) >= 11 is 0. The van der Waals surface area contributed by atoms with Gasteiger partial charge in [-0.05, 0) is 42.5 Å². The minimum Gasteiger partial charge on any atom is -0.493 e. The van der Waals surface area contributed by atoms with Gasteiger partial charge in [0.05, 0.1) is 50.0 Å². The Morgan fingerprint density at radius 1 is 0.917 bits per heavy atom. The Balaban J connectivity index is 1.54. The fraction of sp³-hybridized carbons (Fsp3) is 0.111. The molecule has 5 aromatic rings. The average molecular weight is 482 g/mol. The van der Waals surface area contributed by atoms with E-state index in [0.29, 0.717) is 45.5 Å². The zero-order valence-electron chi connectivity index (χ0n) is 19.9. The molecule has 5 rings (SSSR count). The van der Waals surface area contributed by atoms with Crippen LogP contribution in [-0.4, -0.2) is 47.0 Å². The molecule has 0 spiro atoms. The molecule has 0 fully saturated rings. The maximum Gasteiger partial charge on any atom is 0.256 e. The van der Waals surface area contributed by atoms with Gasteiger partial charge in [0.15, 0.2) is 17.3 Å². The molecule has 0 radical (unpaired) electrons. The van der Waals surface area contributed by atoms with Crippen molar-refractivity contribution in [3.8, 4) is 34.3 Å². The second kappa shape index (κ2) is 9.75. The molecule has 0 saturated heterocycles. The molecule has 1 amide bonds. The number of ether oxygens (including phenoxy) is 3. The van der Waals surface area contributed by atoms with Gasteiger partial charge in [0.25, 0.3) is 5.91 Å². The summed E-state index contributed by atoms with van der Waals surface area (Å²) in [6.07, 6.45) is 5.07. The molecule has 0 aliphatic rings. The maximum atomic E-state index is 13.4. The van der Waals surface area contributed by atoms with E-state index in [1.54, 1.807) is 74.9 Å². The molecule has 36 heavy (non-hydrogen) atoms. The van der Waals surface area contributed by atoms with Crippen LogP contribution in [0, 0.1) is 0 Å². The Hall–Kier alpha value is -4.92. The first-order valence-corrected chi connectivity index (χ1v) is 11.1. The van der Waals surface area contributed by atoms with Crippen molar-refractivity contribution in [2.45, 2.75) is 0 Å². The summed E-state index contributed by atoms with van der Waals surface area (Å²) in [5.41, 5.74) is 3.02. The number of rotatable bonds is 7. The maximum absolute atomic E-state index is 13.4. The zero-order valence-corrected chi connectivity index (χ0v) is 19.9. The molecule has 1 N–H and O–H groups in total. The van der Waals surface area contributed by atoms with Gasteiger partial charge in [0.1, 0.15) is 0 Å². The molecule has 0 saturated carbocycles. The lowest BCUT2D eigenvalue weighted by Crippen LogP contribution is -2.13. The van der Waals surface area contributed by atoms with E-state index < -0.39 is 0 Å². The number of carbonyl (C=O) groups is 1. The number of aromatic nitrogens is 4. The number of benzene rings is 2. The van der Waals surface area contributed by atoms with E-state index in [1.165, 1.54) is 0 Å². The van der Waals surface area contributed by atoms with Crippen LogP contribution in [0.1, 0.15) is 10.4 Å². The number of methoxy groups -OCH3 is 3. The first kappa shape index (κ1) is 22.9. The van der Waals surface area contributed by atoms with Gasteiger partial charge in [-0.3, -0.25) is 4.79 Å². The Morgan fingerprint density at radius 3 is 2.33 bits per heavy atom. The zero-order chi connectivity index (χ0) is 25.1. The highest BCUT2D eigenvalue weighted by molar-refractivity contribution is 6.13. The molecule has 0 aliphatic carbocycles. The van der Waals surface area contributed by atoms with E-state index in [1.807, 2.05) is 30.3 Å². The minimum atomic E-state index is -0.282. The van der Waals surface area contributed by atoms with Gasteiger partial charge in [0.2, 0.25) is 5.75 Å². The smallest absolute Gasteiger partial charge is 0.256 e. The van der Waals surface area contributed by atoms with Crippen LogP contribution in [0.4, 0.5) is 5.69 Å². The van der Waals surface area contributed by atoms with Gasteiger partial charge >= 0.3 is 0 Å². The molecule has 0 bridgehead atoms. The van der Waals surface area contributed by atoms with Crippen molar-refractivity contribution in [1.82, 2.24) is 19.7 Å². The number of hydrogen-bond donors (Lipinski definition) is 1. The van der Waals surface area contributed by atoms with Crippen LogP contribution in [-0.2, 0) is 0 Å². The van der Waals surface area contributed by atoms with Gasteiger partial charge in [-0.15, -0.1) is 0 Å². The second-order valence-corrected chi connectivity index (χ2v) is 7.80. The van der Waals surface area contributed by atoms with E-state index >= 15 is 0 Å². The SMILES string of the molecule is COc1cc(-c2cc(C(=O)Nc3ccc(-n4cccn4)nc3)c3ccccc3n2)cc(OC)c1OC. The molecule has 2 aromatic carbocycles. The molecule has 180 valence electrons. The third-order valence-electron chi connectivity index (χ3n) is 5.67. The first-order valence-electron chi connectivity index (χ1n) is 11.1. The molecular weight excluding hydrogens is 458 g/mol. The van der Waals surface area contributed by atoms with E-state index in [0.717, 1.165) is 10.9 Å². The van der Waals surface area contributed by atoms with E-state index in [4.69, 9.17) is 19.2 Å². The number of para-hydroxylation sites is 1. The lowest BCUT2D eigenvalue weighted by Gasteiger charge is -2.15. The number of fused-ring (bicyclic) bond motifs is 1. The molecule has 3 heterocycles. The van der Waals surface area contributed by atoms with Crippen LogP contribution in [0.25, 0.3) is 28.0 Å². The summed E-state index contributed by atoms with van der Waals surface area (Å²) in [4.78, 5) is 22.6. The van der Waals surface area contributed by atoms with Crippen LogP contribution in [0.15, 0.2) is 79.3 Å². The first-order chi connectivity index (χ1) is 17.6. The summed E-state index contributed by atoms with van der Waals surface area (Å²) in [6.45, 7) is 0. The molecule has 9 nitrogen and oxygen atoms in total. The minimum absolute atomic E-state index is 0.282. The number of amides is 1. The van der Waals surface area contributed by atoms with Crippen LogP contribution in [0.5, 0.6) is 17.2 Å². The summed E-state index contributed by atoms with van der Waals surface area (Å²) in [5.74, 6) is 1.84. The van der Waals surface area contributed by atoms with Gasteiger partial charge in [-0.2, -0.15) is 5.10 Å². The second-order valence-electron chi connectivity index (χ2n) is 7.80. The summed E-state index contributed by atoms with van der Waals surface area (Å²) in [7, 11) is 4.66. The highest BCUT2D eigenvalue weighted by Crippen LogP contribution is 2.41. The predicted octanol–water partition coefficient (Wildman–Crippen LogP) is 4.76. The van der Waals surface area contributed by atoms with Crippen LogP contribution in [0.2, 0.25) is 0 Å². The van der Waals surface area contributed by atoms with Crippen molar-refractivity contribution in [2.75, 3.05) is 26.6 Å². The van der Waals surface area contributed by atoms with Crippen molar-refractivity contribution >= 4 is 22.5 Å². The molecule has 0 atom stereocenters. The Labute approximate surface area is 207 Å². The summed E-state index contributed by atoms with van der Waals surface area (Å²) in [5, 5.41) is 7.83. The van der Waals surface area contributed by atoms with Crippen molar-refractivity contribution in [2.24, 2.45) is 0 Å². The highest BCUT2D eigenvalue weighted by Gasteiger charge is 2.18. The molecule has 0 aliphatic heterocycles.